The van der Waals surface area contributed by atoms with Crippen LogP contribution >= 0.6 is 0 Å². The zero-order valence-corrected chi connectivity index (χ0v) is 12.4. The van der Waals surface area contributed by atoms with Crippen LogP contribution in [0.3, 0.4) is 0 Å². The van der Waals surface area contributed by atoms with Crippen LogP contribution in [0.4, 0.5) is 0 Å². The van der Waals surface area contributed by atoms with Crippen LogP contribution < -0.4 is 5.32 Å². The molecule has 0 aromatic heterocycles. The van der Waals surface area contributed by atoms with Crippen LogP contribution in [0.25, 0.3) is 0 Å². The van der Waals surface area contributed by atoms with Gasteiger partial charge in [0.2, 0.25) is 0 Å². The van der Waals surface area contributed by atoms with Gasteiger partial charge in [0.05, 0.1) is 6.10 Å². The van der Waals surface area contributed by atoms with Gasteiger partial charge in [-0.2, -0.15) is 0 Å². The fourth-order valence-electron chi connectivity index (χ4n) is 2.24. The lowest BCUT2D eigenvalue weighted by Gasteiger charge is -2.18. The summed E-state index contributed by atoms with van der Waals surface area (Å²) in [5, 5.41) is 41.3. The van der Waals surface area contributed by atoms with Crippen molar-refractivity contribution in [2.75, 3.05) is 6.54 Å². The molecule has 0 heterocycles. The Kier molecular flexibility index (Phi) is 5.25. The predicted octanol–water partition coefficient (Wildman–Crippen LogP) is 2.06. The molecule has 0 spiro atoms. The smallest absolute Gasteiger partial charge is 0.157 e. The molecule has 0 aliphatic carbocycles. The van der Waals surface area contributed by atoms with E-state index in [1.54, 1.807) is 18.2 Å². The second kappa shape index (κ2) is 7.15. The minimum Gasteiger partial charge on any atom is -0.508 e. The van der Waals surface area contributed by atoms with Crippen molar-refractivity contribution >= 4 is 0 Å². The highest BCUT2D eigenvalue weighted by Crippen LogP contribution is 2.27. The summed E-state index contributed by atoms with van der Waals surface area (Å²) in [5.41, 5.74) is 1.63. The van der Waals surface area contributed by atoms with E-state index in [2.05, 4.69) is 5.32 Å². The number of hydrogen-bond acceptors (Lipinski definition) is 5. The van der Waals surface area contributed by atoms with Crippen molar-refractivity contribution in [3.63, 3.8) is 0 Å². The number of rotatable bonds is 6. The van der Waals surface area contributed by atoms with E-state index in [0.29, 0.717) is 12.1 Å². The maximum atomic E-state index is 10.1. The molecule has 0 saturated heterocycles. The number of nitrogens with one attached hydrogen (secondary N) is 1. The number of phenols is 3. The van der Waals surface area contributed by atoms with Gasteiger partial charge in [-0.15, -0.1) is 0 Å². The van der Waals surface area contributed by atoms with Crippen molar-refractivity contribution < 1.29 is 20.4 Å². The molecular formula is C17H21NO4. The molecule has 1 unspecified atom stereocenters. The molecule has 2 atom stereocenters. The van der Waals surface area contributed by atoms with Crippen LogP contribution in [0.15, 0.2) is 42.5 Å². The van der Waals surface area contributed by atoms with E-state index < -0.39 is 6.10 Å². The third-order valence-corrected chi connectivity index (χ3v) is 3.52. The van der Waals surface area contributed by atoms with Gasteiger partial charge >= 0.3 is 0 Å². The molecule has 118 valence electrons. The van der Waals surface area contributed by atoms with Crippen molar-refractivity contribution in [1.82, 2.24) is 5.32 Å². The number of phenolic OH excluding ortho intramolecular Hbond substituents is 3. The molecule has 0 bridgehead atoms. The molecule has 22 heavy (non-hydrogen) atoms. The summed E-state index contributed by atoms with van der Waals surface area (Å²) in [6, 6.07) is 11.5. The summed E-state index contributed by atoms with van der Waals surface area (Å²) in [5.74, 6) is -0.203. The molecule has 0 amide bonds. The maximum absolute atomic E-state index is 10.1. The Morgan fingerprint density at radius 1 is 0.955 bits per heavy atom. The Balaban J connectivity index is 1.85. The Morgan fingerprint density at radius 2 is 1.64 bits per heavy atom. The zero-order valence-electron chi connectivity index (χ0n) is 12.4. The molecule has 5 heteroatoms. The highest BCUT2D eigenvalue weighted by Gasteiger charge is 2.12. The van der Waals surface area contributed by atoms with Gasteiger partial charge in [0, 0.05) is 12.6 Å². The third kappa shape index (κ3) is 4.38. The highest BCUT2D eigenvalue weighted by molar-refractivity contribution is 5.41. The van der Waals surface area contributed by atoms with E-state index in [0.717, 1.165) is 12.0 Å². The Morgan fingerprint density at radius 3 is 2.27 bits per heavy atom. The molecule has 0 radical (unpaired) electrons. The first-order valence-corrected chi connectivity index (χ1v) is 7.17. The third-order valence-electron chi connectivity index (χ3n) is 3.52. The zero-order chi connectivity index (χ0) is 16.1. The summed E-state index contributed by atoms with van der Waals surface area (Å²) in [7, 11) is 0. The van der Waals surface area contributed by atoms with Gasteiger partial charge in [-0.1, -0.05) is 18.2 Å². The molecule has 5 N–H and O–H groups in total. The summed E-state index contributed by atoms with van der Waals surface area (Å²) < 4.78 is 0. The lowest BCUT2D eigenvalue weighted by Crippen LogP contribution is -2.32. The van der Waals surface area contributed by atoms with Crippen molar-refractivity contribution in [3.8, 4) is 17.2 Å². The Labute approximate surface area is 129 Å². The van der Waals surface area contributed by atoms with Gasteiger partial charge in [0.15, 0.2) is 11.5 Å². The standard InChI is InChI=1S/C17H21NO4/c1-11(8-12-2-5-14(19)6-3-12)18-10-17(22)13-4-7-15(20)16(21)9-13/h2-7,9,11,17-22H,8,10H2,1H3/t11?,17-/m1/s1. The van der Waals surface area contributed by atoms with Gasteiger partial charge in [-0.25, -0.2) is 0 Å². The van der Waals surface area contributed by atoms with Gasteiger partial charge < -0.3 is 25.7 Å². The van der Waals surface area contributed by atoms with Crippen molar-refractivity contribution in [1.29, 1.82) is 0 Å². The molecule has 0 aliphatic rings. The fourth-order valence-corrected chi connectivity index (χ4v) is 2.24. The average molecular weight is 303 g/mol. The first-order valence-electron chi connectivity index (χ1n) is 7.17. The van der Waals surface area contributed by atoms with Crippen molar-refractivity contribution in [2.24, 2.45) is 0 Å². The van der Waals surface area contributed by atoms with Gasteiger partial charge in [0.25, 0.3) is 0 Å². The quantitative estimate of drug-likeness (QED) is 0.527. The second-order valence-corrected chi connectivity index (χ2v) is 5.44. The minimum absolute atomic E-state index is 0.143. The van der Waals surface area contributed by atoms with Crippen LogP contribution in [-0.2, 0) is 6.42 Å². The van der Waals surface area contributed by atoms with Crippen LogP contribution in [0.2, 0.25) is 0 Å². The predicted molar refractivity (Wildman–Crippen MR) is 84.0 cm³/mol. The number of hydrogen-bond donors (Lipinski definition) is 5. The van der Waals surface area contributed by atoms with Gasteiger partial charge in [0.1, 0.15) is 5.75 Å². The maximum Gasteiger partial charge on any atom is 0.157 e. The molecule has 2 aromatic carbocycles. The summed E-state index contributed by atoms with van der Waals surface area (Å²) in [4.78, 5) is 0. The van der Waals surface area contributed by atoms with E-state index in [-0.39, 0.29) is 23.3 Å². The second-order valence-electron chi connectivity index (χ2n) is 5.44. The molecule has 0 saturated carbocycles. The first kappa shape index (κ1) is 16.1. The minimum atomic E-state index is -0.770. The van der Waals surface area contributed by atoms with Crippen molar-refractivity contribution in [2.45, 2.75) is 25.5 Å². The molecule has 2 rings (SSSR count). The number of aliphatic hydroxyl groups is 1. The summed E-state index contributed by atoms with van der Waals surface area (Å²) in [6.07, 6.45) is 0.00200. The van der Waals surface area contributed by atoms with Crippen LogP contribution in [-0.4, -0.2) is 33.0 Å². The van der Waals surface area contributed by atoms with E-state index in [4.69, 9.17) is 0 Å². The summed E-state index contributed by atoms with van der Waals surface area (Å²) >= 11 is 0. The lowest BCUT2D eigenvalue weighted by atomic mass is 10.1. The van der Waals surface area contributed by atoms with Crippen molar-refractivity contribution in [3.05, 3.63) is 53.6 Å². The van der Waals surface area contributed by atoms with Crippen LogP contribution in [0.1, 0.15) is 24.2 Å². The highest BCUT2D eigenvalue weighted by atomic mass is 16.3. The largest absolute Gasteiger partial charge is 0.508 e. The molecule has 0 aliphatic heterocycles. The molecule has 5 nitrogen and oxygen atoms in total. The first-order chi connectivity index (χ1) is 10.5. The lowest BCUT2D eigenvalue weighted by molar-refractivity contribution is 0.170. The SMILES string of the molecule is CC(Cc1ccc(O)cc1)NC[C@@H](O)c1ccc(O)c(O)c1. The van der Waals surface area contributed by atoms with E-state index in [1.165, 1.54) is 12.1 Å². The Hall–Kier alpha value is -2.24. The van der Waals surface area contributed by atoms with E-state index in [1.807, 2.05) is 19.1 Å². The number of benzene rings is 2. The number of aliphatic hydroxyl groups excluding tert-OH is 1. The summed E-state index contributed by atoms with van der Waals surface area (Å²) in [6.45, 7) is 2.34. The molecule has 0 fully saturated rings. The average Bonchev–Trinajstić information content (AvgIpc) is 2.50. The van der Waals surface area contributed by atoms with Crippen LogP contribution in [0.5, 0.6) is 17.2 Å². The van der Waals surface area contributed by atoms with Gasteiger partial charge in [-0.3, -0.25) is 0 Å². The normalized spacial score (nSPS) is 13.7. The number of aromatic hydroxyl groups is 3. The molecular weight excluding hydrogens is 282 g/mol. The monoisotopic (exact) mass is 303 g/mol. The fraction of sp³-hybridized carbons (Fsp3) is 0.294. The molecule has 2 aromatic rings. The topological polar surface area (TPSA) is 93.0 Å². The van der Waals surface area contributed by atoms with E-state index >= 15 is 0 Å². The van der Waals surface area contributed by atoms with Crippen LogP contribution in [0, 0.1) is 0 Å². The Bertz CT molecular complexity index is 613. The van der Waals surface area contributed by atoms with E-state index in [9.17, 15) is 20.4 Å². The van der Waals surface area contributed by atoms with Gasteiger partial charge in [-0.05, 0) is 48.7 Å².